The van der Waals surface area contributed by atoms with E-state index in [0.717, 1.165) is 10.4 Å². The Morgan fingerprint density at radius 3 is 3.07 bits per heavy atom. The molecule has 0 spiro atoms. The lowest BCUT2D eigenvalue weighted by Gasteiger charge is -2.10. The number of nitrogens with zero attached hydrogens (tertiary/aromatic N) is 2. The van der Waals surface area contributed by atoms with Crippen molar-refractivity contribution in [1.82, 2.24) is 15.3 Å². The fourth-order valence-electron chi connectivity index (χ4n) is 1.33. The van der Waals surface area contributed by atoms with Crippen molar-refractivity contribution < 1.29 is 4.79 Å². The number of rotatable bonds is 2. The molecule has 1 aromatic rings. The van der Waals surface area contributed by atoms with Gasteiger partial charge in [-0.2, -0.15) is 0 Å². The maximum Gasteiger partial charge on any atom is 0.222 e. The molecule has 0 radical (unpaired) electrons. The molecule has 0 saturated carbocycles. The Morgan fingerprint density at radius 1 is 1.57 bits per heavy atom. The maximum atomic E-state index is 10.9. The third-order valence-corrected chi connectivity index (χ3v) is 2.40. The fraction of sp³-hybridized carbons (Fsp3) is 0.375. The van der Waals surface area contributed by atoms with Gasteiger partial charge in [-0.1, -0.05) is 0 Å². The van der Waals surface area contributed by atoms with Crippen molar-refractivity contribution in [1.29, 1.82) is 0 Å². The second-order valence-electron chi connectivity index (χ2n) is 3.08. The van der Waals surface area contributed by atoms with Crippen molar-refractivity contribution in [3.8, 4) is 0 Å². The zero-order valence-electron chi connectivity index (χ0n) is 7.33. The first-order valence-corrected chi connectivity index (χ1v) is 5.04. The number of nitrogens with one attached hydrogen (secondary N) is 2. The molecular weight excluding hydrogens is 248 g/mol. The highest BCUT2D eigenvalue weighted by molar-refractivity contribution is 9.10. The first kappa shape index (κ1) is 9.39. The molecule has 1 amide bonds. The third-order valence-electron chi connectivity index (χ3n) is 1.96. The van der Waals surface area contributed by atoms with Gasteiger partial charge in [0.15, 0.2) is 0 Å². The smallest absolute Gasteiger partial charge is 0.222 e. The molecule has 74 valence electrons. The van der Waals surface area contributed by atoms with Gasteiger partial charge in [0.2, 0.25) is 5.91 Å². The number of amides is 1. The minimum Gasteiger partial charge on any atom is -0.365 e. The zero-order valence-corrected chi connectivity index (χ0v) is 8.91. The van der Waals surface area contributed by atoms with E-state index in [1.807, 2.05) is 0 Å². The standard InChI is InChI=1S/C8H9BrN4O/c9-6-2-7(12-4-11-6)13-5-1-8(14)10-3-5/h2,4-5H,1,3H2,(H,10,14)(H,11,12,13). The topological polar surface area (TPSA) is 66.9 Å². The van der Waals surface area contributed by atoms with E-state index in [1.54, 1.807) is 6.07 Å². The van der Waals surface area contributed by atoms with E-state index in [0.29, 0.717) is 13.0 Å². The molecule has 1 aliphatic heterocycles. The number of anilines is 1. The number of carbonyl (C=O) groups excluding carboxylic acids is 1. The summed E-state index contributed by atoms with van der Waals surface area (Å²) in [5.41, 5.74) is 0. The average molecular weight is 257 g/mol. The van der Waals surface area contributed by atoms with Crippen LogP contribution in [0, 0.1) is 0 Å². The molecule has 5 nitrogen and oxygen atoms in total. The molecule has 1 atom stereocenters. The molecule has 0 bridgehead atoms. The van der Waals surface area contributed by atoms with Crippen LogP contribution < -0.4 is 10.6 Å². The molecule has 1 fully saturated rings. The van der Waals surface area contributed by atoms with Gasteiger partial charge in [-0.05, 0) is 15.9 Å². The van der Waals surface area contributed by atoms with E-state index < -0.39 is 0 Å². The predicted octanol–water partition coefficient (Wildman–Crippen LogP) is 0.539. The molecule has 2 N–H and O–H groups in total. The summed E-state index contributed by atoms with van der Waals surface area (Å²) in [6.45, 7) is 0.653. The lowest BCUT2D eigenvalue weighted by molar-refractivity contribution is -0.119. The summed E-state index contributed by atoms with van der Waals surface area (Å²) in [7, 11) is 0. The van der Waals surface area contributed by atoms with Crippen LogP contribution in [0.2, 0.25) is 0 Å². The molecule has 6 heteroatoms. The van der Waals surface area contributed by atoms with Gasteiger partial charge < -0.3 is 10.6 Å². The predicted molar refractivity (Wildman–Crippen MR) is 54.8 cm³/mol. The van der Waals surface area contributed by atoms with Gasteiger partial charge in [0.1, 0.15) is 16.7 Å². The van der Waals surface area contributed by atoms with E-state index >= 15 is 0 Å². The van der Waals surface area contributed by atoms with Gasteiger partial charge in [-0.25, -0.2) is 9.97 Å². The normalized spacial score (nSPS) is 20.6. The summed E-state index contributed by atoms with van der Waals surface area (Å²) < 4.78 is 0.729. The van der Waals surface area contributed by atoms with E-state index in [4.69, 9.17) is 0 Å². The number of hydrogen-bond acceptors (Lipinski definition) is 4. The van der Waals surface area contributed by atoms with E-state index in [9.17, 15) is 4.79 Å². The highest BCUT2D eigenvalue weighted by atomic mass is 79.9. The highest BCUT2D eigenvalue weighted by Crippen LogP contribution is 2.12. The third kappa shape index (κ3) is 2.20. The molecule has 1 aliphatic rings. The average Bonchev–Trinajstić information content (AvgIpc) is 2.51. The van der Waals surface area contributed by atoms with Crippen LogP contribution in [0.4, 0.5) is 5.82 Å². The minimum absolute atomic E-state index is 0.0793. The summed E-state index contributed by atoms with van der Waals surface area (Å²) in [6, 6.07) is 1.91. The van der Waals surface area contributed by atoms with Gasteiger partial charge in [-0.3, -0.25) is 4.79 Å². The number of hydrogen-bond donors (Lipinski definition) is 2. The molecule has 1 aromatic heterocycles. The lowest BCUT2D eigenvalue weighted by atomic mass is 10.2. The van der Waals surface area contributed by atoms with E-state index in [2.05, 4.69) is 36.5 Å². The minimum atomic E-state index is 0.0793. The maximum absolute atomic E-state index is 10.9. The second-order valence-corrected chi connectivity index (χ2v) is 3.89. The monoisotopic (exact) mass is 256 g/mol. The van der Waals surface area contributed by atoms with Gasteiger partial charge in [-0.15, -0.1) is 0 Å². The zero-order chi connectivity index (χ0) is 9.97. The van der Waals surface area contributed by atoms with Gasteiger partial charge in [0, 0.05) is 19.0 Å². The van der Waals surface area contributed by atoms with Crippen molar-refractivity contribution >= 4 is 27.7 Å². The fourth-order valence-corrected chi connectivity index (χ4v) is 1.64. The van der Waals surface area contributed by atoms with Crippen LogP contribution in [0.25, 0.3) is 0 Å². The van der Waals surface area contributed by atoms with Crippen molar-refractivity contribution in [2.75, 3.05) is 11.9 Å². The number of carbonyl (C=O) groups is 1. The van der Waals surface area contributed by atoms with Crippen molar-refractivity contribution in [3.05, 3.63) is 17.0 Å². The van der Waals surface area contributed by atoms with Crippen LogP contribution in [0.3, 0.4) is 0 Å². The molecule has 2 heterocycles. The Balaban J connectivity index is 2.00. The van der Waals surface area contributed by atoms with Gasteiger partial charge in [0.05, 0.1) is 6.04 Å². The Morgan fingerprint density at radius 2 is 2.43 bits per heavy atom. The highest BCUT2D eigenvalue weighted by Gasteiger charge is 2.21. The Labute approximate surface area is 89.5 Å². The first-order chi connectivity index (χ1) is 6.74. The number of aromatic nitrogens is 2. The summed E-state index contributed by atoms with van der Waals surface area (Å²) in [5, 5.41) is 5.90. The number of halogens is 1. The summed E-state index contributed by atoms with van der Waals surface area (Å²) in [5.74, 6) is 0.809. The first-order valence-electron chi connectivity index (χ1n) is 4.25. The van der Waals surface area contributed by atoms with E-state index in [1.165, 1.54) is 6.33 Å². The van der Waals surface area contributed by atoms with Gasteiger partial charge in [0.25, 0.3) is 0 Å². The molecule has 1 unspecified atom stereocenters. The van der Waals surface area contributed by atoms with Crippen LogP contribution in [0.15, 0.2) is 17.0 Å². The molecule has 0 aromatic carbocycles. The van der Waals surface area contributed by atoms with Crippen molar-refractivity contribution in [2.24, 2.45) is 0 Å². The molecular formula is C8H9BrN4O. The van der Waals surface area contributed by atoms with Crippen LogP contribution in [-0.2, 0) is 4.79 Å². The molecule has 1 saturated heterocycles. The van der Waals surface area contributed by atoms with Crippen molar-refractivity contribution in [2.45, 2.75) is 12.5 Å². The summed E-state index contributed by atoms with van der Waals surface area (Å²) in [4.78, 5) is 18.9. The van der Waals surface area contributed by atoms with Gasteiger partial charge >= 0.3 is 0 Å². The quantitative estimate of drug-likeness (QED) is 0.759. The largest absolute Gasteiger partial charge is 0.365 e. The van der Waals surface area contributed by atoms with E-state index in [-0.39, 0.29) is 11.9 Å². The second kappa shape index (κ2) is 3.91. The SMILES string of the molecule is O=C1CC(Nc2cc(Br)ncn2)CN1. The summed E-state index contributed by atoms with van der Waals surface area (Å²) in [6.07, 6.45) is 1.97. The van der Waals surface area contributed by atoms with Crippen LogP contribution in [0.5, 0.6) is 0 Å². The molecule has 2 rings (SSSR count). The van der Waals surface area contributed by atoms with Crippen LogP contribution in [0.1, 0.15) is 6.42 Å². The van der Waals surface area contributed by atoms with Crippen LogP contribution >= 0.6 is 15.9 Å². The molecule has 14 heavy (non-hydrogen) atoms. The van der Waals surface area contributed by atoms with Crippen molar-refractivity contribution in [3.63, 3.8) is 0 Å². The summed E-state index contributed by atoms with van der Waals surface area (Å²) >= 11 is 3.25. The lowest BCUT2D eigenvalue weighted by Crippen LogP contribution is -2.22. The van der Waals surface area contributed by atoms with Crippen LogP contribution in [-0.4, -0.2) is 28.5 Å². The Bertz CT molecular complexity index is 357. The molecule has 0 aliphatic carbocycles. The Hall–Kier alpha value is -1.17. The Kier molecular flexibility index (Phi) is 2.62.